The molecule has 0 amide bonds. The largest absolute Gasteiger partial charge is 0.382 e. The lowest BCUT2D eigenvalue weighted by Gasteiger charge is -2.11. The van der Waals surface area contributed by atoms with Gasteiger partial charge in [-0.2, -0.15) is 5.26 Å². The van der Waals surface area contributed by atoms with E-state index in [1.165, 1.54) is 6.08 Å². The monoisotopic (exact) mass is 245 g/mol. The van der Waals surface area contributed by atoms with Crippen molar-refractivity contribution >= 4 is 0 Å². The second-order valence-corrected chi connectivity index (χ2v) is 4.67. The highest BCUT2D eigenvalue weighted by Crippen LogP contribution is 2.25. The fraction of sp³-hybridized carbons (Fsp3) is 0.462. The van der Waals surface area contributed by atoms with Crippen molar-refractivity contribution in [1.29, 1.82) is 5.26 Å². The molecule has 0 fully saturated rings. The van der Waals surface area contributed by atoms with Gasteiger partial charge in [0, 0.05) is 6.07 Å². The van der Waals surface area contributed by atoms with Gasteiger partial charge in [-0.25, -0.2) is 6.57 Å². The zero-order valence-corrected chi connectivity index (χ0v) is 10.5. The van der Waals surface area contributed by atoms with Gasteiger partial charge in [0.1, 0.15) is 5.60 Å². The van der Waals surface area contributed by atoms with Crippen LogP contribution in [-0.4, -0.2) is 15.8 Å². The van der Waals surface area contributed by atoms with E-state index in [9.17, 15) is 5.11 Å². The molecule has 0 spiro atoms. The van der Waals surface area contributed by atoms with E-state index < -0.39 is 11.1 Å². The van der Waals surface area contributed by atoms with Gasteiger partial charge in [-0.15, -0.1) is 6.58 Å². The topological polar surface area (TPSA) is 74.4 Å². The summed E-state index contributed by atoms with van der Waals surface area (Å²) in [4.78, 5) is 3.37. The second kappa shape index (κ2) is 5.03. The van der Waals surface area contributed by atoms with Crippen LogP contribution in [0.3, 0.4) is 0 Å². The van der Waals surface area contributed by atoms with E-state index in [4.69, 9.17) is 16.4 Å². The van der Waals surface area contributed by atoms with E-state index in [1.807, 2.05) is 6.07 Å². The Morgan fingerprint density at radius 2 is 2.39 bits per heavy atom. The van der Waals surface area contributed by atoms with Crippen LogP contribution in [0.4, 0.5) is 0 Å². The molecule has 0 aliphatic carbocycles. The molecule has 0 aromatic carbocycles. The highest BCUT2D eigenvalue weighted by molar-refractivity contribution is 5.24. The summed E-state index contributed by atoms with van der Waals surface area (Å²) in [6.07, 6.45) is 1.95. The van der Waals surface area contributed by atoms with Gasteiger partial charge in [0.15, 0.2) is 11.8 Å². The van der Waals surface area contributed by atoms with Crippen LogP contribution < -0.4 is 0 Å². The summed E-state index contributed by atoms with van der Waals surface area (Å²) in [6.45, 7) is 13.8. The number of aromatic nitrogens is 1. The Morgan fingerprint density at radius 3 is 2.78 bits per heavy atom. The van der Waals surface area contributed by atoms with Crippen LogP contribution in [0.1, 0.15) is 31.7 Å². The standard InChI is InChI=1S/C13H15N3O2/c1-5-6-13(9-14,15-4)8-10-7-11(18-16-10)12(2,3)17/h5,7,17H,1,6,8H2,2-3H3. The molecule has 0 saturated carbocycles. The quantitative estimate of drug-likeness (QED) is 0.637. The van der Waals surface area contributed by atoms with Crippen molar-refractivity contribution in [3.63, 3.8) is 0 Å². The van der Waals surface area contributed by atoms with Gasteiger partial charge >= 0.3 is 5.54 Å². The van der Waals surface area contributed by atoms with Gasteiger partial charge in [-0.3, -0.25) is 4.85 Å². The highest BCUT2D eigenvalue weighted by Gasteiger charge is 2.37. The molecule has 0 radical (unpaired) electrons. The van der Waals surface area contributed by atoms with E-state index in [-0.39, 0.29) is 12.8 Å². The summed E-state index contributed by atoms with van der Waals surface area (Å²) in [5, 5.41) is 22.6. The number of hydrogen-bond acceptors (Lipinski definition) is 4. The lowest BCUT2D eigenvalue weighted by molar-refractivity contribution is 0.0475. The molecule has 0 bridgehead atoms. The molecule has 5 nitrogen and oxygen atoms in total. The maximum absolute atomic E-state index is 9.74. The van der Waals surface area contributed by atoms with Crippen LogP contribution in [0.2, 0.25) is 0 Å². The van der Waals surface area contributed by atoms with Crippen molar-refractivity contribution < 1.29 is 9.63 Å². The van der Waals surface area contributed by atoms with Crippen molar-refractivity contribution in [3.05, 3.63) is 41.6 Å². The first-order valence-corrected chi connectivity index (χ1v) is 5.46. The van der Waals surface area contributed by atoms with Gasteiger partial charge < -0.3 is 9.63 Å². The fourth-order valence-corrected chi connectivity index (χ4v) is 1.49. The lowest BCUT2D eigenvalue weighted by atomic mass is 9.92. The molecule has 0 aliphatic rings. The van der Waals surface area contributed by atoms with Gasteiger partial charge in [0.05, 0.1) is 18.5 Å². The lowest BCUT2D eigenvalue weighted by Crippen LogP contribution is -2.24. The maximum Gasteiger partial charge on any atom is 0.324 e. The first-order chi connectivity index (χ1) is 8.37. The maximum atomic E-state index is 9.74. The van der Waals surface area contributed by atoms with Gasteiger partial charge in [-0.1, -0.05) is 11.2 Å². The number of aliphatic hydroxyl groups is 1. The van der Waals surface area contributed by atoms with Gasteiger partial charge in [0.2, 0.25) is 0 Å². The Kier molecular flexibility index (Phi) is 3.90. The molecule has 1 rings (SSSR count). The van der Waals surface area contributed by atoms with E-state index >= 15 is 0 Å². The van der Waals surface area contributed by atoms with E-state index in [0.29, 0.717) is 11.5 Å². The van der Waals surface area contributed by atoms with Crippen molar-refractivity contribution in [3.8, 4) is 6.07 Å². The first-order valence-electron chi connectivity index (χ1n) is 5.46. The van der Waals surface area contributed by atoms with Crippen LogP contribution in [0.25, 0.3) is 4.85 Å². The van der Waals surface area contributed by atoms with Crippen molar-refractivity contribution in [2.75, 3.05) is 0 Å². The summed E-state index contributed by atoms with van der Waals surface area (Å²) in [6, 6.07) is 3.56. The zero-order chi connectivity index (χ0) is 13.8. The van der Waals surface area contributed by atoms with Crippen molar-refractivity contribution in [2.24, 2.45) is 0 Å². The molecular weight excluding hydrogens is 230 g/mol. The Hall–Kier alpha value is -2.11. The number of hydrogen-bond donors (Lipinski definition) is 1. The van der Waals surface area contributed by atoms with Crippen molar-refractivity contribution in [1.82, 2.24) is 5.16 Å². The Labute approximate surface area is 106 Å². The SMILES string of the molecule is [C-]#[N+]C(C#N)(CC=C)Cc1cc(C(C)(C)O)on1. The minimum atomic E-state index is -1.20. The summed E-state index contributed by atoms with van der Waals surface area (Å²) in [5.74, 6) is 0.313. The molecule has 1 atom stereocenters. The fourth-order valence-electron chi connectivity index (χ4n) is 1.49. The third kappa shape index (κ3) is 2.97. The van der Waals surface area contributed by atoms with E-state index in [1.54, 1.807) is 19.9 Å². The molecule has 1 heterocycles. The molecule has 94 valence electrons. The predicted molar refractivity (Wildman–Crippen MR) is 65.2 cm³/mol. The van der Waals surface area contributed by atoms with Crippen LogP contribution >= 0.6 is 0 Å². The number of nitrogens with zero attached hydrogens (tertiary/aromatic N) is 3. The molecule has 1 unspecified atom stereocenters. The summed E-state index contributed by atoms with van der Waals surface area (Å²) >= 11 is 0. The normalized spacial score (nSPS) is 14.3. The Morgan fingerprint density at radius 1 is 1.72 bits per heavy atom. The second-order valence-electron chi connectivity index (χ2n) is 4.67. The minimum Gasteiger partial charge on any atom is -0.382 e. The smallest absolute Gasteiger partial charge is 0.324 e. The number of nitriles is 1. The van der Waals surface area contributed by atoms with Crippen LogP contribution in [0, 0.1) is 17.9 Å². The summed E-state index contributed by atoms with van der Waals surface area (Å²) in [7, 11) is 0. The van der Waals surface area contributed by atoms with Crippen LogP contribution in [-0.2, 0) is 12.0 Å². The molecule has 1 N–H and O–H groups in total. The predicted octanol–water partition coefficient (Wildman–Crippen LogP) is 2.20. The molecule has 1 aromatic heterocycles. The third-order valence-electron chi connectivity index (χ3n) is 2.54. The first kappa shape index (κ1) is 14.0. The van der Waals surface area contributed by atoms with Crippen LogP contribution in [0.5, 0.6) is 0 Å². The average Bonchev–Trinajstić information content (AvgIpc) is 2.76. The summed E-state index contributed by atoms with van der Waals surface area (Å²) < 4.78 is 5.00. The average molecular weight is 245 g/mol. The van der Waals surface area contributed by atoms with Crippen molar-refractivity contribution in [2.45, 2.75) is 37.8 Å². The number of rotatable bonds is 5. The third-order valence-corrected chi connectivity index (χ3v) is 2.54. The zero-order valence-electron chi connectivity index (χ0n) is 10.5. The van der Waals surface area contributed by atoms with Gasteiger partial charge in [0.25, 0.3) is 0 Å². The Balaban J connectivity index is 2.97. The van der Waals surface area contributed by atoms with Gasteiger partial charge in [-0.05, 0) is 13.8 Å². The van der Waals surface area contributed by atoms with E-state index in [2.05, 4.69) is 16.6 Å². The highest BCUT2D eigenvalue weighted by atomic mass is 16.5. The minimum absolute atomic E-state index is 0.151. The molecule has 1 aromatic rings. The molecule has 0 aliphatic heterocycles. The molecule has 18 heavy (non-hydrogen) atoms. The van der Waals surface area contributed by atoms with E-state index in [0.717, 1.165) is 0 Å². The van der Waals surface area contributed by atoms with Crippen LogP contribution in [0.15, 0.2) is 23.2 Å². The summed E-state index contributed by atoms with van der Waals surface area (Å²) in [5.41, 5.74) is -1.85. The molecule has 0 saturated heterocycles. The Bertz CT molecular complexity index is 498. The molecule has 5 heteroatoms. The molecular formula is C13H15N3O2.